The van der Waals surface area contributed by atoms with E-state index in [1.54, 1.807) is 6.92 Å². The molecule has 2 unspecified atom stereocenters. The number of aliphatic hydroxyl groups is 1. The van der Waals surface area contributed by atoms with E-state index in [0.717, 1.165) is 12.8 Å². The molecule has 2 N–H and O–H groups in total. The second-order valence-corrected chi connectivity index (χ2v) is 3.28. The maximum Gasteiger partial charge on any atom is 0.223 e. The number of hydrogen-bond acceptors (Lipinski definition) is 2. The van der Waals surface area contributed by atoms with E-state index in [9.17, 15) is 4.79 Å². The Morgan fingerprint density at radius 3 is 2.50 bits per heavy atom. The van der Waals surface area contributed by atoms with Gasteiger partial charge in [0.2, 0.25) is 5.91 Å². The summed E-state index contributed by atoms with van der Waals surface area (Å²) in [7, 11) is 0. The van der Waals surface area contributed by atoms with E-state index in [1.165, 1.54) is 0 Å². The van der Waals surface area contributed by atoms with Gasteiger partial charge >= 0.3 is 0 Å². The van der Waals surface area contributed by atoms with Gasteiger partial charge in [0.15, 0.2) is 0 Å². The van der Waals surface area contributed by atoms with Gasteiger partial charge in [0.1, 0.15) is 0 Å². The molecular weight excluding hydrogens is 154 g/mol. The molecule has 72 valence electrons. The first-order valence-electron chi connectivity index (χ1n) is 4.53. The summed E-state index contributed by atoms with van der Waals surface area (Å²) < 4.78 is 0. The number of aliphatic hydroxyl groups excluding tert-OH is 1. The van der Waals surface area contributed by atoms with Crippen molar-refractivity contribution in [2.45, 2.75) is 39.7 Å². The van der Waals surface area contributed by atoms with Gasteiger partial charge in [0, 0.05) is 12.0 Å². The van der Waals surface area contributed by atoms with Crippen molar-refractivity contribution in [3.63, 3.8) is 0 Å². The van der Waals surface area contributed by atoms with Crippen LogP contribution in [0.4, 0.5) is 0 Å². The van der Waals surface area contributed by atoms with E-state index >= 15 is 0 Å². The molecule has 12 heavy (non-hydrogen) atoms. The minimum atomic E-state index is -0.128. The van der Waals surface area contributed by atoms with E-state index in [0.29, 0.717) is 0 Å². The molecule has 0 aromatic heterocycles. The Labute approximate surface area is 74.2 Å². The molecule has 1 amide bonds. The van der Waals surface area contributed by atoms with E-state index in [-0.39, 0.29) is 24.5 Å². The summed E-state index contributed by atoms with van der Waals surface area (Å²) >= 11 is 0. The molecule has 0 fully saturated rings. The summed E-state index contributed by atoms with van der Waals surface area (Å²) in [6.07, 6.45) is 1.92. The third-order valence-electron chi connectivity index (χ3n) is 1.83. The van der Waals surface area contributed by atoms with Crippen LogP contribution >= 0.6 is 0 Å². The molecule has 0 aliphatic carbocycles. The van der Waals surface area contributed by atoms with Crippen LogP contribution in [-0.4, -0.2) is 23.7 Å². The van der Waals surface area contributed by atoms with Crippen molar-refractivity contribution in [3.05, 3.63) is 0 Å². The van der Waals surface area contributed by atoms with Gasteiger partial charge in [-0.05, 0) is 13.3 Å². The van der Waals surface area contributed by atoms with Crippen LogP contribution in [0.2, 0.25) is 0 Å². The fraction of sp³-hybridized carbons (Fsp3) is 0.889. The highest BCUT2D eigenvalue weighted by Crippen LogP contribution is 2.04. The van der Waals surface area contributed by atoms with Gasteiger partial charge in [-0.15, -0.1) is 0 Å². The monoisotopic (exact) mass is 173 g/mol. The third-order valence-corrected chi connectivity index (χ3v) is 1.83. The molecule has 0 aromatic carbocycles. The number of amides is 1. The second-order valence-electron chi connectivity index (χ2n) is 3.28. The summed E-state index contributed by atoms with van der Waals surface area (Å²) in [5, 5.41) is 11.4. The molecule has 0 aromatic rings. The predicted octanol–water partition coefficient (Wildman–Crippen LogP) is 0.920. The quantitative estimate of drug-likeness (QED) is 0.649. The molecule has 0 saturated carbocycles. The van der Waals surface area contributed by atoms with Crippen LogP contribution in [0.1, 0.15) is 33.6 Å². The van der Waals surface area contributed by atoms with Crippen molar-refractivity contribution in [2.24, 2.45) is 5.92 Å². The first-order valence-corrected chi connectivity index (χ1v) is 4.53. The first kappa shape index (κ1) is 11.4. The van der Waals surface area contributed by atoms with Crippen molar-refractivity contribution >= 4 is 5.91 Å². The summed E-state index contributed by atoms with van der Waals surface area (Å²) in [4.78, 5) is 11.3. The molecule has 2 atom stereocenters. The van der Waals surface area contributed by atoms with Crippen molar-refractivity contribution in [2.75, 3.05) is 6.61 Å². The molecule has 3 nitrogen and oxygen atoms in total. The number of carbonyl (C=O) groups is 1. The highest BCUT2D eigenvalue weighted by atomic mass is 16.3. The van der Waals surface area contributed by atoms with Crippen LogP contribution in [0.25, 0.3) is 0 Å². The largest absolute Gasteiger partial charge is 0.394 e. The van der Waals surface area contributed by atoms with E-state index < -0.39 is 0 Å². The average Bonchev–Trinajstić information content (AvgIpc) is 2.04. The highest BCUT2D eigenvalue weighted by Gasteiger charge is 2.13. The Hall–Kier alpha value is -0.570. The summed E-state index contributed by atoms with van der Waals surface area (Å²) in [6, 6.07) is -0.128. The predicted molar refractivity (Wildman–Crippen MR) is 48.8 cm³/mol. The number of carbonyl (C=O) groups excluding carboxylic acids is 1. The van der Waals surface area contributed by atoms with Crippen LogP contribution in [-0.2, 0) is 4.79 Å². The van der Waals surface area contributed by atoms with Crippen molar-refractivity contribution in [1.82, 2.24) is 5.32 Å². The Morgan fingerprint density at radius 1 is 1.50 bits per heavy atom. The van der Waals surface area contributed by atoms with Crippen LogP contribution in [0, 0.1) is 5.92 Å². The lowest BCUT2D eigenvalue weighted by atomic mass is 10.1. The Balaban J connectivity index is 3.70. The number of rotatable bonds is 5. The van der Waals surface area contributed by atoms with Gasteiger partial charge in [-0.25, -0.2) is 0 Å². The lowest BCUT2D eigenvalue weighted by molar-refractivity contribution is -0.125. The zero-order chi connectivity index (χ0) is 9.56. The zero-order valence-corrected chi connectivity index (χ0v) is 8.13. The fourth-order valence-electron chi connectivity index (χ4n) is 0.995. The van der Waals surface area contributed by atoms with Crippen molar-refractivity contribution in [1.29, 1.82) is 0 Å². The third kappa shape index (κ3) is 4.34. The molecular formula is C9H19NO2. The van der Waals surface area contributed by atoms with Crippen molar-refractivity contribution < 1.29 is 9.90 Å². The van der Waals surface area contributed by atoms with Gasteiger partial charge in [-0.3, -0.25) is 4.79 Å². The number of nitrogens with one attached hydrogen (secondary N) is 1. The summed E-state index contributed by atoms with van der Waals surface area (Å²) in [5.74, 6) is 0.0994. The lowest BCUT2D eigenvalue weighted by Crippen LogP contribution is -2.38. The molecule has 0 spiro atoms. The average molecular weight is 173 g/mol. The van der Waals surface area contributed by atoms with Crippen molar-refractivity contribution in [3.8, 4) is 0 Å². The normalized spacial score (nSPS) is 15.3. The molecule has 0 aliphatic heterocycles. The molecule has 0 radical (unpaired) electrons. The van der Waals surface area contributed by atoms with Crippen LogP contribution in [0.15, 0.2) is 0 Å². The lowest BCUT2D eigenvalue weighted by Gasteiger charge is -2.14. The molecule has 0 heterocycles. The maximum absolute atomic E-state index is 11.3. The van der Waals surface area contributed by atoms with Gasteiger partial charge < -0.3 is 10.4 Å². The van der Waals surface area contributed by atoms with Gasteiger partial charge in [-0.2, -0.15) is 0 Å². The van der Waals surface area contributed by atoms with Gasteiger partial charge in [0.25, 0.3) is 0 Å². The summed E-state index contributed by atoms with van der Waals surface area (Å²) in [5.41, 5.74) is 0. The standard InChI is InChI=1S/C9H19NO2/c1-4-5-7(2)9(12)10-8(3)6-11/h7-8,11H,4-6H2,1-3H3,(H,10,12). The maximum atomic E-state index is 11.3. The number of hydrogen-bond donors (Lipinski definition) is 2. The van der Waals surface area contributed by atoms with E-state index in [2.05, 4.69) is 12.2 Å². The molecule has 0 saturated heterocycles. The van der Waals surface area contributed by atoms with Gasteiger partial charge in [0.05, 0.1) is 6.61 Å². The molecule has 0 bridgehead atoms. The summed E-state index contributed by atoms with van der Waals surface area (Å²) in [6.45, 7) is 5.75. The van der Waals surface area contributed by atoms with Crippen LogP contribution in [0.3, 0.4) is 0 Å². The van der Waals surface area contributed by atoms with E-state index in [4.69, 9.17) is 5.11 Å². The zero-order valence-electron chi connectivity index (χ0n) is 8.13. The molecule has 0 rings (SSSR count). The Morgan fingerprint density at radius 2 is 2.08 bits per heavy atom. The van der Waals surface area contributed by atoms with Crippen LogP contribution < -0.4 is 5.32 Å². The SMILES string of the molecule is CCCC(C)C(=O)NC(C)CO. The smallest absolute Gasteiger partial charge is 0.223 e. The first-order chi connectivity index (χ1) is 5.61. The minimum Gasteiger partial charge on any atom is -0.394 e. The van der Waals surface area contributed by atoms with Gasteiger partial charge in [-0.1, -0.05) is 20.3 Å². The topological polar surface area (TPSA) is 49.3 Å². The Kier molecular flexibility index (Phi) is 5.72. The van der Waals surface area contributed by atoms with Crippen LogP contribution in [0.5, 0.6) is 0 Å². The Bertz CT molecular complexity index is 136. The second kappa shape index (κ2) is 6.00. The van der Waals surface area contributed by atoms with E-state index in [1.807, 2.05) is 6.92 Å². The minimum absolute atomic E-state index is 0.00455. The fourth-order valence-corrected chi connectivity index (χ4v) is 0.995. The molecule has 3 heteroatoms. The molecule has 0 aliphatic rings. The highest BCUT2D eigenvalue weighted by molar-refractivity contribution is 5.78.